The molecule has 2 aromatic carbocycles. The highest BCUT2D eigenvalue weighted by Crippen LogP contribution is 2.20. The summed E-state index contributed by atoms with van der Waals surface area (Å²) in [4.78, 5) is 14.6. The zero-order chi connectivity index (χ0) is 19.9. The van der Waals surface area contributed by atoms with E-state index in [1.807, 2.05) is 24.3 Å². The minimum atomic E-state index is -0.606. The lowest BCUT2D eigenvalue weighted by atomic mass is 10.1. The molecule has 2 aromatic rings. The first kappa shape index (κ1) is 20.5. The molecule has 5 nitrogen and oxygen atoms in total. The van der Waals surface area contributed by atoms with E-state index >= 15 is 0 Å². The van der Waals surface area contributed by atoms with Gasteiger partial charge in [-0.05, 0) is 62.7 Å². The molecule has 0 radical (unpaired) electrons. The molecule has 150 valence electrons. The lowest BCUT2D eigenvalue weighted by Crippen LogP contribution is -2.36. The Morgan fingerprint density at radius 1 is 1.18 bits per heavy atom. The lowest BCUT2D eigenvalue weighted by molar-refractivity contribution is -0.127. The molecular weight excluding hydrogens is 376 g/mol. The quantitative estimate of drug-likeness (QED) is 0.763. The molecule has 0 spiro atoms. The first-order valence-corrected chi connectivity index (χ1v) is 10.0. The van der Waals surface area contributed by atoms with Crippen LogP contribution in [0.1, 0.15) is 25.3 Å². The molecule has 0 saturated carbocycles. The monoisotopic (exact) mass is 402 g/mol. The summed E-state index contributed by atoms with van der Waals surface area (Å²) in [5, 5.41) is 3.47. The molecule has 6 heteroatoms. The van der Waals surface area contributed by atoms with Gasteiger partial charge in [-0.25, -0.2) is 0 Å². The number of hydrogen-bond donors (Lipinski definition) is 1. The van der Waals surface area contributed by atoms with Gasteiger partial charge in [-0.15, -0.1) is 0 Å². The van der Waals surface area contributed by atoms with E-state index in [0.717, 1.165) is 37.2 Å². The molecule has 1 N–H and O–H groups in total. The van der Waals surface area contributed by atoms with Crippen molar-refractivity contribution >= 4 is 17.5 Å². The number of carbonyl (C=O) groups excluding carboxylic acids is 1. The second-order valence-electron chi connectivity index (χ2n) is 7.20. The zero-order valence-electron chi connectivity index (χ0n) is 16.4. The first-order chi connectivity index (χ1) is 13.5. The Bertz CT molecular complexity index is 774. The Kier molecular flexibility index (Phi) is 7.18. The highest BCUT2D eigenvalue weighted by molar-refractivity contribution is 6.30. The summed E-state index contributed by atoms with van der Waals surface area (Å²) in [7, 11) is 2.14. The molecule has 1 amide bonds. The van der Waals surface area contributed by atoms with Crippen LogP contribution in [0.2, 0.25) is 5.02 Å². The molecule has 28 heavy (non-hydrogen) atoms. The van der Waals surface area contributed by atoms with Crippen LogP contribution in [-0.4, -0.2) is 43.2 Å². The SMILES string of the molecule is C[C@@H](Oc1cccc(Cl)c1)C(=O)NCc1ccc(OC2CCN(C)CC2)cc1. The van der Waals surface area contributed by atoms with Crippen molar-refractivity contribution in [2.45, 2.75) is 38.5 Å². The van der Waals surface area contributed by atoms with Gasteiger partial charge >= 0.3 is 0 Å². The Morgan fingerprint density at radius 2 is 1.89 bits per heavy atom. The Labute approximate surface area is 171 Å². The van der Waals surface area contributed by atoms with E-state index in [2.05, 4.69) is 17.3 Å². The van der Waals surface area contributed by atoms with Crippen LogP contribution < -0.4 is 14.8 Å². The van der Waals surface area contributed by atoms with Crippen molar-refractivity contribution in [2.75, 3.05) is 20.1 Å². The fraction of sp³-hybridized carbons (Fsp3) is 0.409. The van der Waals surface area contributed by atoms with Crippen LogP contribution in [0.25, 0.3) is 0 Å². The van der Waals surface area contributed by atoms with Gasteiger partial charge in [-0.1, -0.05) is 29.8 Å². The van der Waals surface area contributed by atoms with Crippen LogP contribution in [0, 0.1) is 0 Å². The van der Waals surface area contributed by atoms with Gasteiger partial charge in [0.15, 0.2) is 6.10 Å². The number of hydrogen-bond acceptors (Lipinski definition) is 4. The van der Waals surface area contributed by atoms with Gasteiger partial charge in [0.25, 0.3) is 5.91 Å². The summed E-state index contributed by atoms with van der Waals surface area (Å²) in [6.07, 6.45) is 1.79. The summed E-state index contributed by atoms with van der Waals surface area (Å²) in [6, 6.07) is 14.9. The van der Waals surface area contributed by atoms with E-state index in [-0.39, 0.29) is 12.0 Å². The third-order valence-corrected chi connectivity index (χ3v) is 5.07. The van der Waals surface area contributed by atoms with Gasteiger partial charge in [0.1, 0.15) is 17.6 Å². The second-order valence-corrected chi connectivity index (χ2v) is 7.64. The minimum absolute atomic E-state index is 0.174. The molecule has 0 unspecified atom stereocenters. The lowest BCUT2D eigenvalue weighted by Gasteiger charge is -2.29. The molecule has 0 aromatic heterocycles. The van der Waals surface area contributed by atoms with Crippen LogP contribution >= 0.6 is 11.6 Å². The van der Waals surface area contributed by atoms with Crippen LogP contribution in [0.15, 0.2) is 48.5 Å². The van der Waals surface area contributed by atoms with E-state index < -0.39 is 6.10 Å². The number of benzene rings is 2. The standard InChI is InChI=1S/C22H27ClN2O3/c1-16(27-21-5-3-4-18(23)14-21)22(26)24-15-17-6-8-19(9-7-17)28-20-10-12-25(2)13-11-20/h3-9,14,16,20H,10-13,15H2,1-2H3,(H,24,26)/t16-/m1/s1. The van der Waals surface area contributed by atoms with Crippen LogP contribution in [0.4, 0.5) is 0 Å². The van der Waals surface area contributed by atoms with Crippen LogP contribution in [0.3, 0.4) is 0 Å². The summed E-state index contributed by atoms with van der Waals surface area (Å²) in [5.41, 5.74) is 1.01. The van der Waals surface area contributed by atoms with Gasteiger partial charge in [0.2, 0.25) is 0 Å². The van der Waals surface area contributed by atoms with Crippen molar-refractivity contribution in [1.29, 1.82) is 0 Å². The average molecular weight is 403 g/mol. The summed E-state index contributed by atoms with van der Waals surface area (Å²) < 4.78 is 11.7. The highest BCUT2D eigenvalue weighted by Gasteiger charge is 2.18. The largest absolute Gasteiger partial charge is 0.490 e. The molecule has 1 aliphatic rings. The Balaban J connectivity index is 1.44. The Morgan fingerprint density at radius 3 is 2.57 bits per heavy atom. The van der Waals surface area contributed by atoms with E-state index in [0.29, 0.717) is 17.3 Å². The normalized spacial score (nSPS) is 16.4. The molecule has 1 atom stereocenters. The number of piperidine rings is 1. The van der Waals surface area contributed by atoms with Gasteiger partial charge < -0.3 is 19.7 Å². The van der Waals surface area contributed by atoms with Crippen molar-refractivity contribution < 1.29 is 14.3 Å². The van der Waals surface area contributed by atoms with Crippen molar-refractivity contribution in [3.63, 3.8) is 0 Å². The van der Waals surface area contributed by atoms with Crippen molar-refractivity contribution in [1.82, 2.24) is 10.2 Å². The number of nitrogens with one attached hydrogen (secondary N) is 1. The van der Waals surface area contributed by atoms with E-state index in [4.69, 9.17) is 21.1 Å². The number of halogens is 1. The summed E-state index contributed by atoms with van der Waals surface area (Å²) in [5.74, 6) is 1.28. The molecule has 0 bridgehead atoms. The zero-order valence-corrected chi connectivity index (χ0v) is 17.1. The number of likely N-dealkylation sites (tertiary alicyclic amines) is 1. The fourth-order valence-electron chi connectivity index (χ4n) is 3.11. The molecule has 3 rings (SSSR count). The van der Waals surface area contributed by atoms with Crippen molar-refractivity contribution in [2.24, 2.45) is 0 Å². The topological polar surface area (TPSA) is 50.8 Å². The highest BCUT2D eigenvalue weighted by atomic mass is 35.5. The predicted molar refractivity (Wildman–Crippen MR) is 111 cm³/mol. The van der Waals surface area contributed by atoms with Crippen LogP contribution in [0.5, 0.6) is 11.5 Å². The van der Waals surface area contributed by atoms with E-state index in [1.54, 1.807) is 31.2 Å². The average Bonchev–Trinajstić information content (AvgIpc) is 2.69. The maximum absolute atomic E-state index is 12.3. The number of amides is 1. The van der Waals surface area contributed by atoms with Gasteiger partial charge in [-0.3, -0.25) is 4.79 Å². The fourth-order valence-corrected chi connectivity index (χ4v) is 3.29. The van der Waals surface area contributed by atoms with E-state index in [1.165, 1.54) is 0 Å². The van der Waals surface area contributed by atoms with Crippen molar-refractivity contribution in [3.8, 4) is 11.5 Å². The van der Waals surface area contributed by atoms with Crippen molar-refractivity contribution in [3.05, 3.63) is 59.1 Å². The third kappa shape index (κ3) is 6.14. The number of rotatable bonds is 7. The maximum atomic E-state index is 12.3. The minimum Gasteiger partial charge on any atom is -0.490 e. The smallest absolute Gasteiger partial charge is 0.261 e. The van der Waals surface area contributed by atoms with Crippen LogP contribution in [-0.2, 0) is 11.3 Å². The number of nitrogens with zero attached hydrogens (tertiary/aromatic N) is 1. The number of ether oxygens (including phenoxy) is 2. The first-order valence-electron chi connectivity index (χ1n) is 9.63. The second kappa shape index (κ2) is 9.80. The Hall–Kier alpha value is -2.24. The van der Waals surface area contributed by atoms with Gasteiger partial charge in [0, 0.05) is 24.7 Å². The molecule has 1 saturated heterocycles. The summed E-state index contributed by atoms with van der Waals surface area (Å²) >= 11 is 5.94. The van der Waals surface area contributed by atoms with Gasteiger partial charge in [0.05, 0.1) is 0 Å². The summed E-state index contributed by atoms with van der Waals surface area (Å²) in [6.45, 7) is 4.31. The van der Waals surface area contributed by atoms with E-state index in [9.17, 15) is 4.79 Å². The maximum Gasteiger partial charge on any atom is 0.261 e. The molecule has 1 fully saturated rings. The molecular formula is C22H27ClN2O3. The molecule has 1 aliphatic heterocycles. The molecule has 0 aliphatic carbocycles. The number of carbonyl (C=O) groups is 1. The molecule has 1 heterocycles. The van der Waals surface area contributed by atoms with Gasteiger partial charge in [-0.2, -0.15) is 0 Å². The predicted octanol–water partition coefficient (Wildman–Crippen LogP) is 3.90. The third-order valence-electron chi connectivity index (χ3n) is 4.84.